The lowest BCUT2D eigenvalue weighted by Gasteiger charge is -2.37. The Labute approximate surface area is 235 Å². The first-order valence-corrected chi connectivity index (χ1v) is 12.8. The molecule has 12 heteroatoms. The second kappa shape index (κ2) is 8.42. The number of carbonyl (C=O) groups excluding carboxylic acids is 3. The van der Waals surface area contributed by atoms with E-state index in [4.69, 9.17) is 81.2 Å². The summed E-state index contributed by atoms with van der Waals surface area (Å²) < 4.78 is -2.07. The second-order valence-corrected chi connectivity index (χ2v) is 12.1. The molecule has 2 aromatic carbocycles. The van der Waals surface area contributed by atoms with Gasteiger partial charge in [0.05, 0.1) is 39.0 Å². The maximum Gasteiger partial charge on any atom is 0.274 e. The van der Waals surface area contributed by atoms with Gasteiger partial charge in [0.25, 0.3) is 17.7 Å². The van der Waals surface area contributed by atoms with Gasteiger partial charge in [-0.1, -0.05) is 100 Å². The molecule has 0 unspecified atom stereocenters. The molecule has 5 rings (SSSR count). The van der Waals surface area contributed by atoms with Crippen LogP contribution in [0.1, 0.15) is 15.9 Å². The normalized spacial score (nSPS) is 30.8. The average Bonchev–Trinajstić information content (AvgIpc) is 3.21. The van der Waals surface area contributed by atoms with Gasteiger partial charge in [0.15, 0.2) is 4.33 Å². The van der Waals surface area contributed by atoms with Gasteiger partial charge in [-0.05, 0) is 17.7 Å². The lowest BCUT2D eigenvalue weighted by molar-refractivity contribution is -0.156. The molecule has 35 heavy (non-hydrogen) atoms. The lowest BCUT2D eigenvalue weighted by Crippen LogP contribution is -2.55. The predicted molar refractivity (Wildman–Crippen MR) is 137 cm³/mol. The maximum absolute atomic E-state index is 13.8. The van der Waals surface area contributed by atoms with Gasteiger partial charge in [-0.15, -0.1) is 23.2 Å². The first-order chi connectivity index (χ1) is 16.4. The summed E-state index contributed by atoms with van der Waals surface area (Å²) in [6, 6.07) is 15.1. The fraction of sp³-hybridized carbons (Fsp3) is 0.261. The molecule has 2 aliphatic carbocycles. The molecule has 1 saturated heterocycles. The Balaban J connectivity index is 1.63. The summed E-state index contributed by atoms with van der Waals surface area (Å²) in [5.41, 5.74) is 0.734. The lowest BCUT2D eigenvalue weighted by atomic mass is 9.84. The molecule has 0 N–H and O–H groups in total. The molecule has 3 amide bonds. The van der Waals surface area contributed by atoms with Crippen LogP contribution in [0.5, 0.6) is 0 Å². The monoisotopic (exact) mass is 610 g/mol. The number of rotatable bonds is 4. The molecule has 2 fully saturated rings. The first-order valence-electron chi connectivity index (χ1n) is 10.2. The SMILES string of the molecule is O=C(c1ccccc1Cl)N(Cc1ccccc1)N1C(=O)[C@@H]2[C@@H](C1=O)[C@@]1(Cl)C(Cl)=C(Cl)[C@@]2(Cl)C1(Cl)Cl. The van der Waals surface area contributed by atoms with Crippen molar-refractivity contribution >= 4 is 98.9 Å². The van der Waals surface area contributed by atoms with Crippen LogP contribution in [0.3, 0.4) is 0 Å². The Morgan fingerprint density at radius 3 is 1.80 bits per heavy atom. The third kappa shape index (κ3) is 3.13. The van der Waals surface area contributed by atoms with E-state index >= 15 is 0 Å². The van der Waals surface area contributed by atoms with E-state index in [0.29, 0.717) is 5.56 Å². The van der Waals surface area contributed by atoms with Crippen molar-refractivity contribution < 1.29 is 14.4 Å². The number of allylic oxidation sites excluding steroid dienone is 2. The van der Waals surface area contributed by atoms with Crippen LogP contribution in [0.15, 0.2) is 64.7 Å². The molecular formula is C23H13Cl7N2O3. The highest BCUT2D eigenvalue weighted by molar-refractivity contribution is 6.66. The number of halogens is 7. The fourth-order valence-corrected chi connectivity index (χ4v) is 8.13. The van der Waals surface area contributed by atoms with E-state index in [-0.39, 0.29) is 27.2 Å². The van der Waals surface area contributed by atoms with E-state index in [1.807, 2.05) is 0 Å². The number of hydrogen-bond donors (Lipinski definition) is 0. The third-order valence-electron chi connectivity index (χ3n) is 6.64. The molecule has 182 valence electrons. The van der Waals surface area contributed by atoms with Crippen molar-refractivity contribution in [2.75, 3.05) is 0 Å². The first kappa shape index (κ1) is 25.5. The van der Waals surface area contributed by atoms with E-state index in [1.54, 1.807) is 42.5 Å². The van der Waals surface area contributed by atoms with Gasteiger partial charge < -0.3 is 0 Å². The number of benzene rings is 2. The number of fused-ring (bicyclic) bond motifs is 5. The number of hydrogen-bond acceptors (Lipinski definition) is 3. The Hall–Kier alpha value is -1.18. The van der Waals surface area contributed by atoms with Crippen molar-refractivity contribution in [3.05, 3.63) is 80.8 Å². The second-order valence-electron chi connectivity index (χ2n) is 8.40. The molecule has 2 aromatic rings. The number of alkyl halides is 4. The highest BCUT2D eigenvalue weighted by atomic mass is 35.5. The van der Waals surface area contributed by atoms with Crippen LogP contribution >= 0.6 is 81.2 Å². The zero-order chi connectivity index (χ0) is 25.5. The van der Waals surface area contributed by atoms with Crippen molar-refractivity contribution in [1.29, 1.82) is 0 Å². The summed E-state index contributed by atoms with van der Waals surface area (Å²) >= 11 is 45.7. The molecule has 1 heterocycles. The Kier molecular flexibility index (Phi) is 6.13. The zero-order valence-electron chi connectivity index (χ0n) is 17.3. The minimum atomic E-state index is -2.07. The summed E-state index contributed by atoms with van der Waals surface area (Å²) in [6.45, 7) is -0.131. The van der Waals surface area contributed by atoms with E-state index in [0.717, 1.165) is 10.0 Å². The van der Waals surface area contributed by atoms with Crippen LogP contribution in [0.4, 0.5) is 0 Å². The molecule has 0 radical (unpaired) electrons. The van der Waals surface area contributed by atoms with Gasteiger partial charge in [0, 0.05) is 0 Å². The Morgan fingerprint density at radius 2 is 1.29 bits per heavy atom. The van der Waals surface area contributed by atoms with Crippen LogP contribution in [-0.2, 0) is 16.1 Å². The van der Waals surface area contributed by atoms with Crippen LogP contribution in [-0.4, -0.2) is 41.8 Å². The third-order valence-corrected chi connectivity index (χ3v) is 11.2. The molecule has 1 saturated carbocycles. The number of carbonyl (C=O) groups is 3. The van der Waals surface area contributed by atoms with Crippen molar-refractivity contribution in [3.63, 3.8) is 0 Å². The Bertz CT molecular complexity index is 1270. The van der Waals surface area contributed by atoms with Gasteiger partial charge in [-0.2, -0.15) is 5.01 Å². The summed E-state index contributed by atoms with van der Waals surface area (Å²) in [6.07, 6.45) is 0. The van der Waals surface area contributed by atoms with Crippen LogP contribution in [0.25, 0.3) is 0 Å². The molecule has 3 aliphatic rings. The fourth-order valence-electron chi connectivity index (χ4n) is 4.98. The largest absolute Gasteiger partial charge is 0.274 e. The summed E-state index contributed by atoms with van der Waals surface area (Å²) in [5.74, 6) is -5.08. The maximum atomic E-state index is 13.8. The van der Waals surface area contributed by atoms with Gasteiger partial charge >= 0.3 is 0 Å². The van der Waals surface area contributed by atoms with E-state index in [9.17, 15) is 14.4 Å². The predicted octanol–water partition coefficient (Wildman–Crippen LogP) is 6.34. The van der Waals surface area contributed by atoms with Crippen molar-refractivity contribution in [2.45, 2.75) is 20.6 Å². The number of imide groups is 1. The molecular weight excluding hydrogens is 600 g/mol. The molecule has 2 bridgehead atoms. The molecule has 0 aromatic heterocycles. The number of hydrazine groups is 1. The Morgan fingerprint density at radius 1 is 0.800 bits per heavy atom. The highest BCUT2D eigenvalue weighted by Gasteiger charge is 2.88. The van der Waals surface area contributed by atoms with E-state index in [2.05, 4.69) is 0 Å². The van der Waals surface area contributed by atoms with E-state index in [1.165, 1.54) is 12.1 Å². The van der Waals surface area contributed by atoms with Crippen LogP contribution in [0.2, 0.25) is 5.02 Å². The number of amides is 3. The summed E-state index contributed by atoms with van der Waals surface area (Å²) in [4.78, 5) is 37.4. The van der Waals surface area contributed by atoms with Gasteiger partial charge in [0.1, 0.15) is 9.75 Å². The molecule has 5 nitrogen and oxygen atoms in total. The summed E-state index contributed by atoms with van der Waals surface area (Å²) in [5, 5.41) is 1.45. The molecule has 1 aliphatic heterocycles. The quantitative estimate of drug-likeness (QED) is 0.299. The number of nitrogens with zero attached hydrogens (tertiary/aromatic N) is 2. The molecule has 0 spiro atoms. The van der Waals surface area contributed by atoms with Crippen molar-refractivity contribution in [3.8, 4) is 0 Å². The zero-order valence-corrected chi connectivity index (χ0v) is 22.6. The standard InChI is InChI=1S/C23H13Cl7N2O3/c24-13-9-5-4-8-12(13)18(33)31(10-11-6-2-1-3-7-11)32-19(34)14-15(20(32)35)22(28)17(26)16(25)21(14,27)23(22,29)30/h1-9,14-15H,10H2/t14-,15-,21+,22+/m0/s1. The smallest absolute Gasteiger partial charge is 0.272 e. The van der Waals surface area contributed by atoms with Gasteiger partial charge in [0.2, 0.25) is 0 Å². The van der Waals surface area contributed by atoms with Crippen LogP contribution < -0.4 is 0 Å². The highest BCUT2D eigenvalue weighted by Crippen LogP contribution is 2.77. The van der Waals surface area contributed by atoms with Crippen LogP contribution in [0, 0.1) is 11.8 Å². The van der Waals surface area contributed by atoms with Crippen molar-refractivity contribution in [2.24, 2.45) is 11.8 Å². The van der Waals surface area contributed by atoms with Gasteiger partial charge in [-0.3, -0.25) is 14.4 Å². The molecule has 4 atom stereocenters. The van der Waals surface area contributed by atoms with Crippen molar-refractivity contribution in [1.82, 2.24) is 10.0 Å². The minimum absolute atomic E-state index is 0.0881. The topological polar surface area (TPSA) is 57.7 Å². The van der Waals surface area contributed by atoms with E-state index < -0.39 is 43.6 Å². The summed E-state index contributed by atoms with van der Waals surface area (Å²) in [7, 11) is 0. The van der Waals surface area contributed by atoms with Gasteiger partial charge in [-0.25, -0.2) is 5.01 Å². The minimum Gasteiger partial charge on any atom is -0.272 e. The average molecular weight is 614 g/mol.